The summed E-state index contributed by atoms with van der Waals surface area (Å²) < 4.78 is 11.7. The molecule has 4 aliphatic heterocycles. The van der Waals surface area contributed by atoms with Crippen LogP contribution in [0.3, 0.4) is 0 Å². The summed E-state index contributed by atoms with van der Waals surface area (Å²) in [6.07, 6.45) is 2.35. The Morgan fingerprint density at radius 3 is 2.55 bits per heavy atom. The van der Waals surface area contributed by atoms with Gasteiger partial charge in [-0.25, -0.2) is 0 Å². The van der Waals surface area contributed by atoms with E-state index >= 15 is 0 Å². The number of fused-ring (bicyclic) bond motifs is 4. The topological polar surface area (TPSA) is 70.8 Å². The summed E-state index contributed by atoms with van der Waals surface area (Å²) in [4.78, 5) is 22.4. The maximum Gasteiger partial charge on any atom is 0.299 e. The summed E-state index contributed by atoms with van der Waals surface area (Å²) >= 11 is 0. The fourth-order valence-corrected chi connectivity index (χ4v) is 4.99. The van der Waals surface area contributed by atoms with Crippen molar-refractivity contribution in [2.24, 2.45) is 5.92 Å². The molecule has 158 valence electrons. The largest absolute Gasteiger partial charge is 0.423 e. The van der Waals surface area contributed by atoms with E-state index in [1.54, 1.807) is 0 Å². The summed E-state index contributed by atoms with van der Waals surface area (Å²) in [6, 6.07) is 6.76. The number of halogens is 1. The van der Waals surface area contributed by atoms with E-state index in [9.17, 15) is 4.79 Å². The van der Waals surface area contributed by atoms with Gasteiger partial charge in [-0.15, -0.1) is 12.4 Å². The van der Waals surface area contributed by atoms with Gasteiger partial charge < -0.3 is 24.3 Å². The number of carbonyl (C=O) groups is 1. The second kappa shape index (κ2) is 8.13. The molecule has 2 aromatic rings. The number of aromatic nitrogens is 1. The fraction of sp³-hybridized carbons (Fsp3) is 0.619. The Morgan fingerprint density at radius 1 is 1.17 bits per heavy atom. The molecule has 6 rings (SSSR count). The first-order valence-corrected chi connectivity index (χ1v) is 10.4. The van der Waals surface area contributed by atoms with Gasteiger partial charge in [0.2, 0.25) is 0 Å². The molecule has 1 aromatic carbocycles. The van der Waals surface area contributed by atoms with Gasteiger partial charge in [0.05, 0.1) is 30.9 Å². The van der Waals surface area contributed by atoms with E-state index in [2.05, 4.69) is 29.0 Å². The maximum absolute atomic E-state index is 13.1. The number of oxazole rings is 1. The number of para-hydroxylation sites is 1. The van der Waals surface area contributed by atoms with Crippen LogP contribution >= 0.6 is 12.4 Å². The van der Waals surface area contributed by atoms with Gasteiger partial charge in [0, 0.05) is 12.6 Å². The molecule has 8 heteroatoms. The molecule has 7 nitrogen and oxygen atoms in total. The van der Waals surface area contributed by atoms with Crippen molar-refractivity contribution in [3.63, 3.8) is 0 Å². The highest BCUT2D eigenvalue weighted by molar-refractivity contribution is 6.04. The van der Waals surface area contributed by atoms with Gasteiger partial charge in [0.1, 0.15) is 5.52 Å². The number of benzene rings is 1. The van der Waals surface area contributed by atoms with Crippen molar-refractivity contribution in [2.45, 2.75) is 44.8 Å². The number of nitrogens with one attached hydrogen (secondary N) is 1. The minimum atomic E-state index is -0.0488. The van der Waals surface area contributed by atoms with Gasteiger partial charge in [-0.1, -0.05) is 6.07 Å². The molecule has 29 heavy (non-hydrogen) atoms. The summed E-state index contributed by atoms with van der Waals surface area (Å²) in [5.74, 6) is 0.545. The minimum Gasteiger partial charge on any atom is -0.423 e. The number of piperidine rings is 3. The third kappa shape index (κ3) is 3.71. The number of rotatable bonds is 3. The Hall–Kier alpha value is -1.83. The zero-order valence-corrected chi connectivity index (χ0v) is 17.8. The number of hydrogen-bond acceptors (Lipinski definition) is 6. The lowest BCUT2D eigenvalue weighted by atomic mass is 9.84. The maximum atomic E-state index is 13.1. The van der Waals surface area contributed by atoms with E-state index in [-0.39, 0.29) is 36.4 Å². The molecule has 0 radical (unpaired) electrons. The molecule has 1 amide bonds. The molecule has 4 saturated heterocycles. The van der Waals surface area contributed by atoms with Gasteiger partial charge >= 0.3 is 0 Å². The molecular weight excluding hydrogens is 392 g/mol. The van der Waals surface area contributed by atoms with E-state index < -0.39 is 0 Å². The van der Waals surface area contributed by atoms with Crippen LogP contribution in [0.4, 0.5) is 6.01 Å². The van der Waals surface area contributed by atoms with Crippen LogP contribution < -0.4 is 10.2 Å². The Kier molecular flexibility index (Phi) is 5.73. The van der Waals surface area contributed by atoms with Crippen molar-refractivity contribution in [3.05, 3.63) is 23.8 Å². The van der Waals surface area contributed by atoms with Crippen molar-refractivity contribution >= 4 is 35.4 Å². The van der Waals surface area contributed by atoms with Crippen LogP contribution in [-0.4, -0.2) is 66.8 Å². The monoisotopic (exact) mass is 420 g/mol. The third-order valence-corrected chi connectivity index (χ3v) is 6.51. The summed E-state index contributed by atoms with van der Waals surface area (Å²) in [5.41, 5.74) is 1.89. The molecule has 1 aromatic heterocycles. The molecular formula is C21H29ClN4O3. The standard InChI is InChI=1S/C21H28N4O3.ClH/c1-13-11-27-12-14(2)25(13)21-23-19-16(4-3-5-18(19)28-21)20(26)22-17-10-24-8-6-15(17)7-9-24;/h3-5,13-15,17H,6-12H2,1-2H3,(H,22,26);1H/t13-,14-,17+;/m0./s1. The molecule has 4 aliphatic rings. The number of amides is 1. The number of anilines is 1. The normalized spacial score (nSPS) is 31.5. The average Bonchev–Trinajstić information content (AvgIpc) is 3.12. The highest BCUT2D eigenvalue weighted by Crippen LogP contribution is 2.30. The number of morpholine rings is 1. The predicted molar refractivity (Wildman–Crippen MR) is 114 cm³/mol. The Balaban J connectivity index is 0.00000205. The van der Waals surface area contributed by atoms with Crippen LogP contribution in [0.2, 0.25) is 0 Å². The highest BCUT2D eigenvalue weighted by atomic mass is 35.5. The number of nitrogens with zero attached hydrogens (tertiary/aromatic N) is 3. The lowest BCUT2D eigenvalue weighted by molar-refractivity contribution is 0.0621. The molecule has 0 aliphatic carbocycles. The van der Waals surface area contributed by atoms with Crippen LogP contribution in [0.15, 0.2) is 22.6 Å². The lowest BCUT2D eigenvalue weighted by Crippen LogP contribution is -2.57. The van der Waals surface area contributed by atoms with E-state index in [0.717, 1.165) is 19.6 Å². The van der Waals surface area contributed by atoms with Crippen molar-refractivity contribution in [2.75, 3.05) is 37.7 Å². The molecule has 1 N–H and O–H groups in total. The first-order valence-electron chi connectivity index (χ1n) is 10.4. The Labute approximate surface area is 177 Å². The Bertz CT molecular complexity index is 870. The van der Waals surface area contributed by atoms with Crippen molar-refractivity contribution < 1.29 is 13.9 Å². The van der Waals surface area contributed by atoms with Crippen LogP contribution in [0, 0.1) is 5.92 Å². The summed E-state index contributed by atoms with van der Waals surface area (Å²) in [7, 11) is 0. The number of hydrogen-bond donors (Lipinski definition) is 1. The molecule has 0 saturated carbocycles. The van der Waals surface area contributed by atoms with Crippen LogP contribution in [0.25, 0.3) is 11.1 Å². The van der Waals surface area contributed by atoms with Crippen molar-refractivity contribution in [1.82, 2.24) is 15.2 Å². The minimum absolute atomic E-state index is 0. The fourth-order valence-electron chi connectivity index (χ4n) is 4.99. The zero-order chi connectivity index (χ0) is 19.3. The summed E-state index contributed by atoms with van der Waals surface area (Å²) in [6.45, 7) is 8.78. The van der Waals surface area contributed by atoms with E-state index in [4.69, 9.17) is 14.1 Å². The van der Waals surface area contributed by atoms with Gasteiger partial charge in [-0.3, -0.25) is 4.79 Å². The lowest BCUT2D eigenvalue weighted by Gasteiger charge is -2.44. The van der Waals surface area contributed by atoms with Crippen LogP contribution in [0.5, 0.6) is 0 Å². The molecule has 5 heterocycles. The molecule has 3 atom stereocenters. The van der Waals surface area contributed by atoms with Crippen molar-refractivity contribution in [3.8, 4) is 0 Å². The van der Waals surface area contributed by atoms with Gasteiger partial charge in [0.25, 0.3) is 11.9 Å². The van der Waals surface area contributed by atoms with Crippen LogP contribution in [-0.2, 0) is 4.74 Å². The van der Waals surface area contributed by atoms with Crippen LogP contribution in [0.1, 0.15) is 37.0 Å². The van der Waals surface area contributed by atoms with E-state index in [0.29, 0.717) is 41.8 Å². The number of ether oxygens (including phenoxy) is 1. The zero-order valence-electron chi connectivity index (χ0n) is 17.0. The molecule has 0 unspecified atom stereocenters. The first kappa shape index (κ1) is 20.4. The highest BCUT2D eigenvalue weighted by Gasteiger charge is 2.35. The average molecular weight is 421 g/mol. The van der Waals surface area contributed by atoms with Gasteiger partial charge in [0.15, 0.2) is 5.58 Å². The third-order valence-electron chi connectivity index (χ3n) is 6.51. The summed E-state index contributed by atoms with van der Waals surface area (Å²) in [5, 5.41) is 3.27. The quantitative estimate of drug-likeness (QED) is 0.823. The second-order valence-corrected chi connectivity index (χ2v) is 8.51. The molecule has 2 bridgehead atoms. The smallest absolute Gasteiger partial charge is 0.299 e. The molecule has 0 spiro atoms. The van der Waals surface area contributed by atoms with E-state index in [1.807, 2.05) is 18.2 Å². The van der Waals surface area contributed by atoms with Gasteiger partial charge in [-0.2, -0.15) is 4.98 Å². The Morgan fingerprint density at radius 2 is 1.90 bits per heavy atom. The van der Waals surface area contributed by atoms with Crippen molar-refractivity contribution in [1.29, 1.82) is 0 Å². The SMILES string of the molecule is C[C@H]1COC[C@H](C)N1c1nc2c(C(=O)N[C@@H]3CN4CCC3CC4)cccc2o1.Cl. The number of carbonyl (C=O) groups excluding carboxylic acids is 1. The van der Waals surface area contributed by atoms with E-state index in [1.165, 1.54) is 12.8 Å². The predicted octanol–water partition coefficient (Wildman–Crippen LogP) is 2.69. The first-order chi connectivity index (χ1) is 13.6. The molecule has 4 fully saturated rings. The second-order valence-electron chi connectivity index (χ2n) is 8.51. The van der Waals surface area contributed by atoms with Gasteiger partial charge in [-0.05, 0) is 57.8 Å².